The van der Waals surface area contributed by atoms with Gasteiger partial charge in [-0.3, -0.25) is 14.4 Å². The van der Waals surface area contributed by atoms with E-state index >= 15 is 0 Å². The maximum Gasteiger partial charge on any atom is 0.268 e. The van der Waals surface area contributed by atoms with E-state index in [1.54, 1.807) is 24.3 Å². The second-order valence-corrected chi connectivity index (χ2v) is 10.3. The number of carbonyl (C=O) groups is 3. The van der Waals surface area contributed by atoms with Gasteiger partial charge in [-0.05, 0) is 44.2 Å². The van der Waals surface area contributed by atoms with Crippen LogP contribution in [0.1, 0.15) is 49.0 Å². The molecule has 184 valence electrons. The molecule has 35 heavy (non-hydrogen) atoms. The lowest BCUT2D eigenvalue weighted by molar-refractivity contribution is -0.125. The largest absolute Gasteiger partial charge is 0.350 e. The SMILES string of the molecule is N#CC(CC1CC2(CC2)NC1=O)NC(=O)C(CC1CC1(F)F)NC(=O)c1cc2cccc(Cl)c2[nH]1. The first-order chi connectivity index (χ1) is 16.6. The fraction of sp³-hybridized carbons (Fsp3) is 0.500. The average Bonchev–Trinajstić information content (AvgIpc) is 3.56. The maximum absolute atomic E-state index is 13.6. The number of aromatic amines is 1. The van der Waals surface area contributed by atoms with Gasteiger partial charge >= 0.3 is 0 Å². The first kappa shape index (κ1) is 23.5. The lowest BCUT2D eigenvalue weighted by Gasteiger charge is -2.21. The molecular weight excluding hydrogens is 480 g/mol. The molecule has 4 unspecified atom stereocenters. The summed E-state index contributed by atoms with van der Waals surface area (Å²) in [6.07, 6.45) is 1.91. The van der Waals surface area contributed by atoms with Crippen LogP contribution in [0.4, 0.5) is 8.78 Å². The van der Waals surface area contributed by atoms with Gasteiger partial charge in [0.15, 0.2) is 0 Å². The van der Waals surface area contributed by atoms with Crippen LogP contribution in [-0.4, -0.2) is 46.3 Å². The zero-order valence-electron chi connectivity index (χ0n) is 18.7. The molecule has 2 saturated carbocycles. The first-order valence-electron chi connectivity index (χ1n) is 11.6. The Bertz CT molecular complexity index is 1250. The van der Waals surface area contributed by atoms with Crippen LogP contribution in [0.25, 0.3) is 10.9 Å². The topological polar surface area (TPSA) is 127 Å². The zero-order valence-corrected chi connectivity index (χ0v) is 19.4. The lowest BCUT2D eigenvalue weighted by Crippen LogP contribution is -2.50. The van der Waals surface area contributed by atoms with Crippen LogP contribution in [-0.2, 0) is 9.59 Å². The Morgan fingerprint density at radius 3 is 2.57 bits per heavy atom. The number of H-pyrrole nitrogens is 1. The molecule has 1 aliphatic heterocycles. The number of amides is 3. The van der Waals surface area contributed by atoms with E-state index < -0.39 is 41.7 Å². The van der Waals surface area contributed by atoms with Gasteiger partial charge in [0.05, 0.1) is 16.6 Å². The van der Waals surface area contributed by atoms with E-state index in [1.165, 1.54) is 0 Å². The van der Waals surface area contributed by atoms with Crippen LogP contribution in [0, 0.1) is 23.2 Å². The summed E-state index contributed by atoms with van der Waals surface area (Å²) in [5.41, 5.74) is 0.506. The molecule has 4 N–H and O–H groups in total. The molecule has 1 aromatic heterocycles. The molecule has 1 saturated heterocycles. The van der Waals surface area contributed by atoms with Crippen LogP contribution in [0.15, 0.2) is 24.3 Å². The molecule has 1 aromatic carbocycles. The zero-order chi connectivity index (χ0) is 25.0. The molecule has 2 heterocycles. The summed E-state index contributed by atoms with van der Waals surface area (Å²) in [5.74, 6) is -5.85. The van der Waals surface area contributed by atoms with E-state index in [4.69, 9.17) is 11.6 Å². The third kappa shape index (κ3) is 4.82. The summed E-state index contributed by atoms with van der Waals surface area (Å²) in [4.78, 5) is 41.0. The number of benzene rings is 1. The molecule has 3 fully saturated rings. The molecule has 4 atom stereocenters. The van der Waals surface area contributed by atoms with Gasteiger partial charge in [-0.25, -0.2) is 8.78 Å². The van der Waals surface area contributed by atoms with E-state index in [2.05, 4.69) is 20.9 Å². The van der Waals surface area contributed by atoms with Crippen molar-refractivity contribution in [2.24, 2.45) is 11.8 Å². The van der Waals surface area contributed by atoms with Crippen molar-refractivity contribution >= 4 is 40.2 Å². The molecule has 0 radical (unpaired) electrons. The fourth-order valence-electron chi connectivity index (χ4n) is 4.87. The summed E-state index contributed by atoms with van der Waals surface area (Å²) in [7, 11) is 0. The minimum Gasteiger partial charge on any atom is -0.350 e. The van der Waals surface area contributed by atoms with Crippen molar-refractivity contribution in [2.75, 3.05) is 0 Å². The van der Waals surface area contributed by atoms with Crippen molar-refractivity contribution in [3.05, 3.63) is 35.0 Å². The highest BCUT2D eigenvalue weighted by Gasteiger charge is 2.57. The molecule has 1 spiro atoms. The molecule has 8 nitrogen and oxygen atoms in total. The first-order valence-corrected chi connectivity index (χ1v) is 11.9. The Morgan fingerprint density at radius 1 is 1.23 bits per heavy atom. The normalized spacial score (nSPS) is 24.9. The summed E-state index contributed by atoms with van der Waals surface area (Å²) in [5, 5.41) is 18.7. The summed E-state index contributed by atoms with van der Waals surface area (Å²) in [6, 6.07) is 6.42. The number of para-hydroxylation sites is 1. The van der Waals surface area contributed by atoms with E-state index in [1.807, 2.05) is 6.07 Å². The summed E-state index contributed by atoms with van der Waals surface area (Å²) in [6.45, 7) is 0. The molecule has 5 rings (SSSR count). The standard InChI is InChI=1S/C24H24ClF2N5O3/c25-16-3-1-2-12-7-17(30-19(12)16)22(35)31-18(8-14-10-24(14,26)27)21(34)29-15(11-28)6-13-9-23(4-5-23)32-20(13)33/h1-3,7,13-15,18,30H,4-6,8-10H2,(H,29,34)(H,31,35)(H,32,33). The third-order valence-electron chi connectivity index (χ3n) is 7.19. The predicted octanol–water partition coefficient (Wildman–Crippen LogP) is 3.03. The quantitative estimate of drug-likeness (QED) is 0.441. The van der Waals surface area contributed by atoms with Crippen LogP contribution >= 0.6 is 11.6 Å². The molecule has 0 bridgehead atoms. The number of hydrogen-bond acceptors (Lipinski definition) is 4. The van der Waals surface area contributed by atoms with Crippen LogP contribution < -0.4 is 16.0 Å². The maximum atomic E-state index is 13.6. The van der Waals surface area contributed by atoms with Gasteiger partial charge in [0.25, 0.3) is 11.8 Å². The van der Waals surface area contributed by atoms with Crippen LogP contribution in [0.5, 0.6) is 0 Å². The number of hydrogen-bond donors (Lipinski definition) is 4. The summed E-state index contributed by atoms with van der Waals surface area (Å²) >= 11 is 6.15. The van der Waals surface area contributed by atoms with Crippen molar-refractivity contribution in [1.29, 1.82) is 5.26 Å². The molecule has 3 amide bonds. The predicted molar refractivity (Wildman–Crippen MR) is 123 cm³/mol. The fourth-order valence-corrected chi connectivity index (χ4v) is 5.10. The van der Waals surface area contributed by atoms with Crippen LogP contribution in [0.3, 0.4) is 0 Å². The average molecular weight is 504 g/mol. The molecular formula is C24H24ClF2N5O3. The number of halogens is 3. The highest BCUT2D eigenvalue weighted by molar-refractivity contribution is 6.35. The van der Waals surface area contributed by atoms with E-state index in [0.717, 1.165) is 12.8 Å². The summed E-state index contributed by atoms with van der Waals surface area (Å²) < 4.78 is 27.2. The van der Waals surface area contributed by atoms with Crippen molar-refractivity contribution in [2.45, 2.75) is 62.1 Å². The monoisotopic (exact) mass is 503 g/mol. The second kappa shape index (κ2) is 8.48. The highest BCUT2D eigenvalue weighted by atomic mass is 35.5. The van der Waals surface area contributed by atoms with Crippen molar-refractivity contribution in [3.63, 3.8) is 0 Å². The molecule has 2 aromatic rings. The van der Waals surface area contributed by atoms with Gasteiger partial charge in [0, 0.05) is 29.2 Å². The van der Waals surface area contributed by atoms with Gasteiger partial charge in [0.2, 0.25) is 11.8 Å². The van der Waals surface area contributed by atoms with E-state index in [9.17, 15) is 28.4 Å². The number of alkyl halides is 2. The van der Waals surface area contributed by atoms with E-state index in [0.29, 0.717) is 22.3 Å². The number of nitrogens with one attached hydrogen (secondary N) is 4. The Kier molecular flexibility index (Phi) is 5.71. The Morgan fingerprint density at radius 2 is 1.97 bits per heavy atom. The Balaban J connectivity index is 1.27. The minimum absolute atomic E-state index is 0.122. The second-order valence-electron chi connectivity index (χ2n) is 9.91. The molecule has 3 aliphatic rings. The van der Waals surface area contributed by atoms with Crippen molar-refractivity contribution in [1.82, 2.24) is 20.9 Å². The lowest BCUT2D eigenvalue weighted by atomic mass is 9.95. The number of nitrogens with zero attached hydrogens (tertiary/aromatic N) is 1. The smallest absolute Gasteiger partial charge is 0.268 e. The molecule has 2 aliphatic carbocycles. The van der Waals surface area contributed by atoms with Crippen molar-refractivity contribution < 1.29 is 23.2 Å². The number of fused-ring (bicyclic) bond motifs is 1. The Hall–Kier alpha value is -3.19. The highest BCUT2D eigenvalue weighted by Crippen LogP contribution is 2.51. The van der Waals surface area contributed by atoms with Gasteiger partial charge < -0.3 is 20.9 Å². The van der Waals surface area contributed by atoms with Crippen molar-refractivity contribution in [3.8, 4) is 6.07 Å². The van der Waals surface area contributed by atoms with Gasteiger partial charge in [-0.2, -0.15) is 5.26 Å². The van der Waals surface area contributed by atoms with Gasteiger partial charge in [-0.1, -0.05) is 23.7 Å². The van der Waals surface area contributed by atoms with Gasteiger partial charge in [-0.15, -0.1) is 0 Å². The van der Waals surface area contributed by atoms with Crippen LogP contribution in [0.2, 0.25) is 5.02 Å². The number of aromatic nitrogens is 1. The number of rotatable bonds is 8. The minimum atomic E-state index is -2.88. The third-order valence-corrected chi connectivity index (χ3v) is 7.51. The van der Waals surface area contributed by atoms with E-state index in [-0.39, 0.29) is 36.4 Å². The van der Waals surface area contributed by atoms with Gasteiger partial charge in [0.1, 0.15) is 17.8 Å². The Labute approximate surface area is 204 Å². The molecule has 11 heteroatoms. The number of carbonyl (C=O) groups excluding carboxylic acids is 3. The number of nitriles is 1.